The van der Waals surface area contributed by atoms with E-state index in [1.807, 2.05) is 0 Å². The van der Waals surface area contributed by atoms with Gasteiger partial charge in [-0.2, -0.15) is 0 Å². The predicted octanol–water partition coefficient (Wildman–Crippen LogP) is 0.892. The minimum atomic E-state index is -0.579. The standard InChI is InChI=1S/C9H10N2O4/c12-6-4-7(5-6)15-8-2-1-3-10-9(8)11(13)14/h1-3,6-7,12H,4-5H2. The highest BCUT2D eigenvalue weighted by Crippen LogP contribution is 2.30. The first-order chi connectivity index (χ1) is 7.16. The molecular weight excluding hydrogens is 200 g/mol. The van der Waals surface area contributed by atoms with Crippen molar-refractivity contribution in [1.82, 2.24) is 4.98 Å². The largest absolute Gasteiger partial charge is 0.482 e. The Kier molecular flexibility index (Phi) is 2.51. The van der Waals surface area contributed by atoms with Gasteiger partial charge in [-0.1, -0.05) is 0 Å². The van der Waals surface area contributed by atoms with Crippen molar-refractivity contribution >= 4 is 5.82 Å². The Hall–Kier alpha value is -1.69. The molecule has 1 fully saturated rings. The molecule has 0 amide bonds. The van der Waals surface area contributed by atoms with Gasteiger partial charge in [0.15, 0.2) is 0 Å². The fourth-order valence-corrected chi connectivity index (χ4v) is 1.42. The Morgan fingerprint density at radius 1 is 1.60 bits per heavy atom. The van der Waals surface area contributed by atoms with Crippen molar-refractivity contribution in [1.29, 1.82) is 0 Å². The molecule has 6 nitrogen and oxygen atoms in total. The Morgan fingerprint density at radius 3 is 2.93 bits per heavy atom. The maximum atomic E-state index is 10.6. The first kappa shape index (κ1) is 9.85. The Bertz CT molecular complexity index is 376. The first-order valence-corrected chi connectivity index (χ1v) is 4.61. The smallest absolute Gasteiger partial charge is 0.406 e. The summed E-state index contributed by atoms with van der Waals surface area (Å²) in [7, 11) is 0. The average Bonchev–Trinajstić information content (AvgIpc) is 2.16. The van der Waals surface area contributed by atoms with Crippen molar-refractivity contribution in [3.63, 3.8) is 0 Å². The zero-order valence-corrected chi connectivity index (χ0v) is 7.87. The number of pyridine rings is 1. The van der Waals surface area contributed by atoms with Crippen LogP contribution in [0.2, 0.25) is 0 Å². The molecule has 1 aliphatic carbocycles. The van der Waals surface area contributed by atoms with Gasteiger partial charge in [0.25, 0.3) is 0 Å². The van der Waals surface area contributed by atoms with Crippen LogP contribution in [0, 0.1) is 10.1 Å². The van der Waals surface area contributed by atoms with Crippen LogP contribution in [-0.2, 0) is 0 Å². The van der Waals surface area contributed by atoms with Gasteiger partial charge >= 0.3 is 5.82 Å². The van der Waals surface area contributed by atoms with E-state index < -0.39 is 4.92 Å². The van der Waals surface area contributed by atoms with Crippen molar-refractivity contribution in [2.45, 2.75) is 25.0 Å². The molecule has 6 heteroatoms. The van der Waals surface area contributed by atoms with E-state index in [9.17, 15) is 10.1 Å². The topological polar surface area (TPSA) is 85.5 Å². The molecule has 0 saturated heterocycles. The van der Waals surface area contributed by atoms with Crippen molar-refractivity contribution in [3.05, 3.63) is 28.4 Å². The van der Waals surface area contributed by atoms with Crippen LogP contribution in [0.3, 0.4) is 0 Å². The number of hydrogen-bond donors (Lipinski definition) is 1. The van der Waals surface area contributed by atoms with E-state index in [1.165, 1.54) is 12.3 Å². The summed E-state index contributed by atoms with van der Waals surface area (Å²) >= 11 is 0. The molecule has 1 aliphatic rings. The Morgan fingerprint density at radius 2 is 2.33 bits per heavy atom. The number of ether oxygens (including phenoxy) is 1. The summed E-state index contributed by atoms with van der Waals surface area (Å²) in [6.07, 6.45) is 1.91. The molecule has 0 aromatic carbocycles. The van der Waals surface area contributed by atoms with E-state index in [0.29, 0.717) is 12.8 Å². The lowest BCUT2D eigenvalue weighted by atomic mass is 9.92. The highest BCUT2D eigenvalue weighted by Gasteiger charge is 2.31. The Balaban J connectivity index is 2.10. The molecule has 0 unspecified atom stereocenters. The highest BCUT2D eigenvalue weighted by molar-refractivity contribution is 5.38. The van der Waals surface area contributed by atoms with Crippen LogP contribution in [0.1, 0.15) is 12.8 Å². The van der Waals surface area contributed by atoms with Gasteiger partial charge < -0.3 is 20.0 Å². The second-order valence-electron chi connectivity index (χ2n) is 3.45. The van der Waals surface area contributed by atoms with Crippen LogP contribution in [0.25, 0.3) is 0 Å². The summed E-state index contributed by atoms with van der Waals surface area (Å²) in [5.41, 5.74) is 0. The van der Waals surface area contributed by atoms with Crippen LogP contribution in [0.5, 0.6) is 5.75 Å². The lowest BCUT2D eigenvalue weighted by Gasteiger charge is -2.31. The molecule has 1 saturated carbocycles. The summed E-state index contributed by atoms with van der Waals surface area (Å²) in [6, 6.07) is 3.09. The molecule has 2 rings (SSSR count). The first-order valence-electron chi connectivity index (χ1n) is 4.61. The molecule has 1 heterocycles. The third kappa shape index (κ3) is 2.04. The van der Waals surface area contributed by atoms with Crippen LogP contribution in [0.15, 0.2) is 18.3 Å². The van der Waals surface area contributed by atoms with Crippen molar-refractivity contribution in [2.75, 3.05) is 0 Å². The van der Waals surface area contributed by atoms with Crippen LogP contribution >= 0.6 is 0 Å². The average molecular weight is 210 g/mol. The van der Waals surface area contributed by atoms with Crippen molar-refractivity contribution < 1.29 is 14.8 Å². The molecule has 0 spiro atoms. The SMILES string of the molecule is O=[N+]([O-])c1ncccc1OC1CC(O)C1. The Labute approximate surface area is 85.7 Å². The molecule has 15 heavy (non-hydrogen) atoms. The van der Waals surface area contributed by atoms with Crippen LogP contribution in [0.4, 0.5) is 5.82 Å². The molecule has 0 aliphatic heterocycles. The second-order valence-corrected chi connectivity index (χ2v) is 3.45. The van der Waals surface area contributed by atoms with Gasteiger partial charge in [0.2, 0.25) is 5.75 Å². The summed E-state index contributed by atoms with van der Waals surface area (Å²) in [4.78, 5) is 13.6. The quantitative estimate of drug-likeness (QED) is 0.591. The second kappa shape index (κ2) is 3.82. The molecule has 80 valence electrons. The van der Waals surface area contributed by atoms with Gasteiger partial charge in [-0.05, 0) is 22.0 Å². The monoisotopic (exact) mass is 210 g/mol. The van der Waals surface area contributed by atoms with Gasteiger partial charge in [0, 0.05) is 12.8 Å². The van der Waals surface area contributed by atoms with Gasteiger partial charge in [0.05, 0.1) is 6.10 Å². The molecule has 1 aromatic heterocycles. The number of nitrogens with zero attached hydrogens (tertiary/aromatic N) is 2. The lowest BCUT2D eigenvalue weighted by molar-refractivity contribution is -0.390. The number of aliphatic hydroxyl groups is 1. The zero-order valence-electron chi connectivity index (χ0n) is 7.87. The molecule has 0 radical (unpaired) electrons. The highest BCUT2D eigenvalue weighted by atomic mass is 16.6. The fraction of sp³-hybridized carbons (Fsp3) is 0.444. The lowest BCUT2D eigenvalue weighted by Crippen LogP contribution is -2.37. The molecule has 1 N–H and O–H groups in total. The number of nitro groups is 1. The van der Waals surface area contributed by atoms with E-state index in [2.05, 4.69) is 4.98 Å². The fourth-order valence-electron chi connectivity index (χ4n) is 1.42. The van der Waals surface area contributed by atoms with E-state index in [0.717, 1.165) is 0 Å². The molecular formula is C9H10N2O4. The van der Waals surface area contributed by atoms with E-state index in [4.69, 9.17) is 9.84 Å². The molecule has 0 bridgehead atoms. The summed E-state index contributed by atoms with van der Waals surface area (Å²) in [5, 5.41) is 19.6. The van der Waals surface area contributed by atoms with Crippen LogP contribution in [-0.4, -0.2) is 27.2 Å². The predicted molar refractivity (Wildman–Crippen MR) is 50.5 cm³/mol. The molecule has 1 aromatic rings. The van der Waals surface area contributed by atoms with E-state index in [-0.39, 0.29) is 23.8 Å². The summed E-state index contributed by atoms with van der Waals surface area (Å²) in [5.74, 6) is -0.113. The van der Waals surface area contributed by atoms with Crippen molar-refractivity contribution in [3.8, 4) is 5.75 Å². The normalized spacial score (nSPS) is 24.3. The van der Waals surface area contributed by atoms with Crippen molar-refractivity contribution in [2.24, 2.45) is 0 Å². The number of aromatic nitrogens is 1. The maximum Gasteiger partial charge on any atom is 0.406 e. The maximum absolute atomic E-state index is 10.6. The summed E-state index contributed by atoms with van der Waals surface area (Å²) in [6.45, 7) is 0. The minimum absolute atomic E-state index is 0.136. The minimum Gasteiger partial charge on any atom is -0.482 e. The number of aliphatic hydroxyl groups excluding tert-OH is 1. The van der Waals surface area contributed by atoms with Gasteiger partial charge in [-0.15, -0.1) is 0 Å². The van der Waals surface area contributed by atoms with E-state index in [1.54, 1.807) is 6.07 Å². The van der Waals surface area contributed by atoms with Gasteiger partial charge in [0.1, 0.15) is 12.3 Å². The number of rotatable bonds is 3. The van der Waals surface area contributed by atoms with Gasteiger partial charge in [-0.25, -0.2) is 0 Å². The van der Waals surface area contributed by atoms with E-state index >= 15 is 0 Å². The van der Waals surface area contributed by atoms with Crippen LogP contribution < -0.4 is 4.74 Å². The van der Waals surface area contributed by atoms with Gasteiger partial charge in [-0.3, -0.25) is 0 Å². The molecule has 0 atom stereocenters. The summed E-state index contributed by atoms with van der Waals surface area (Å²) < 4.78 is 5.35. The zero-order chi connectivity index (χ0) is 10.8. The number of hydrogen-bond acceptors (Lipinski definition) is 5. The third-order valence-electron chi connectivity index (χ3n) is 2.29. The third-order valence-corrected chi connectivity index (χ3v) is 2.29.